The number of ether oxygens (including phenoxy) is 1. The first-order chi connectivity index (χ1) is 55.9. The first-order valence-corrected chi connectivity index (χ1v) is 41.4. The molecule has 4 aliphatic rings. The summed E-state index contributed by atoms with van der Waals surface area (Å²) in [6.45, 7) is 0.705. The van der Waals surface area contributed by atoms with E-state index in [4.69, 9.17) is 13.6 Å². The fourth-order valence-electron chi connectivity index (χ4n) is 19.0. The van der Waals surface area contributed by atoms with Crippen LogP contribution in [0.15, 0.2) is 312 Å². The van der Waals surface area contributed by atoms with E-state index in [1.165, 1.54) is 119 Å². The molecule has 6 atom stereocenters. The van der Waals surface area contributed by atoms with Gasteiger partial charge < -0.3 is 36.9 Å². The Morgan fingerprint density at radius 2 is 0.646 bits per heavy atom. The lowest BCUT2D eigenvalue weighted by Gasteiger charge is -2.17. The summed E-state index contributed by atoms with van der Waals surface area (Å²) in [4.78, 5) is 0. The smallest absolute Gasteiger partial charge is 0.248 e. The molecule has 0 saturated heterocycles. The van der Waals surface area contributed by atoms with Crippen molar-refractivity contribution < 1.29 is 18.7 Å². The number of nitrogens with zero attached hydrogens (tertiary/aromatic N) is 8. The first kappa shape index (κ1) is 69.8. The molecule has 0 radical (unpaired) electrons. The Bertz CT molecular complexity index is 6170. The fraction of sp³-hybridized carbons (Fsp3) is 0.200. The van der Waals surface area contributed by atoms with Crippen LogP contribution in [0.2, 0.25) is 0 Å². The number of hydrogen-bond acceptors (Lipinski definition) is 8. The predicted octanol–water partition coefficient (Wildman–Crippen LogP) is 26.2. The van der Waals surface area contributed by atoms with Crippen LogP contribution in [0.3, 0.4) is 0 Å². The van der Waals surface area contributed by atoms with Crippen LogP contribution in [-0.4, -0.2) is 55.7 Å². The number of rotatable bonds is 20. The number of benzene rings is 12. The monoisotopic (exact) mass is 1540 g/mol. The lowest BCUT2D eigenvalue weighted by atomic mass is 9.89. The second-order valence-corrected chi connectivity index (χ2v) is 32.0. The molecule has 556 valence electrons. The van der Waals surface area contributed by atoms with E-state index < -0.39 is 0 Å². The molecule has 6 heterocycles. The number of phenols is 1. The number of unbranched alkanes of at least 4 members (excludes halogenated alkanes) is 4. The molecule has 13 heteroatoms. The van der Waals surface area contributed by atoms with Gasteiger partial charge in [-0.2, -0.15) is 0 Å². The average Bonchev–Trinajstić information content (AvgIpc) is 1.59. The maximum atomic E-state index is 10.0. The third-order valence-corrected chi connectivity index (χ3v) is 24.8. The molecule has 4 bridgehead atoms. The summed E-state index contributed by atoms with van der Waals surface area (Å²) in [5, 5.41) is 38.9. The average molecular weight is 1540 g/mol. The Morgan fingerprint density at radius 1 is 0.319 bits per heavy atom. The molecule has 2 fully saturated rings. The van der Waals surface area contributed by atoms with Crippen molar-refractivity contribution in [3.63, 3.8) is 0 Å². The van der Waals surface area contributed by atoms with Crippen LogP contribution < -0.4 is 4.74 Å². The largest absolute Gasteiger partial charge is 0.508 e. The molecule has 0 spiro atoms. The van der Waals surface area contributed by atoms with Gasteiger partial charge in [-0.3, -0.25) is 0 Å². The number of hydrogen-bond donors (Lipinski definition) is 1. The SMILES string of the molecule is BrCCCCCC1CC2C=CC1C2.C1=CC2CC1CC2CCCCCOc1cccc(-c2nnc(-c3cc(-n4c5ccccc5c5ccccc54)cc(-n4c5ccccc5c5ccccc54)c3)o2)c1.Oc1cccc(-c2nnc(-c3cc(-n4c5ccccc5c5ccccc54)cc(-n4c5ccccc5c5ccccc54)c3)o2)c1. The topological polar surface area (TPSA) is 127 Å². The fourth-order valence-corrected chi connectivity index (χ4v) is 19.4. The van der Waals surface area contributed by atoms with Gasteiger partial charge in [0.1, 0.15) is 11.5 Å². The highest BCUT2D eigenvalue weighted by molar-refractivity contribution is 9.09. The third-order valence-electron chi connectivity index (χ3n) is 24.2. The zero-order chi connectivity index (χ0) is 75.3. The van der Waals surface area contributed by atoms with E-state index in [1.54, 1.807) is 18.2 Å². The summed E-state index contributed by atoms with van der Waals surface area (Å²) in [6.07, 6.45) is 26.2. The molecular formula is C100H85BrN8O4. The van der Waals surface area contributed by atoms with E-state index in [0.717, 1.165) is 131 Å². The van der Waals surface area contributed by atoms with Gasteiger partial charge in [-0.1, -0.05) is 224 Å². The zero-order valence-corrected chi connectivity index (χ0v) is 64.4. The van der Waals surface area contributed by atoms with Crippen LogP contribution in [0.25, 0.3) is 156 Å². The molecule has 113 heavy (non-hydrogen) atoms. The summed E-state index contributed by atoms with van der Waals surface area (Å²) >= 11 is 3.48. The van der Waals surface area contributed by atoms with Crippen LogP contribution in [0.1, 0.15) is 77.0 Å². The van der Waals surface area contributed by atoms with Crippen molar-refractivity contribution in [2.24, 2.45) is 35.5 Å². The van der Waals surface area contributed by atoms with Crippen LogP contribution in [0, 0.1) is 35.5 Å². The normalized spacial score (nSPS) is 17.4. The van der Waals surface area contributed by atoms with E-state index in [9.17, 15) is 5.11 Å². The van der Waals surface area contributed by atoms with Gasteiger partial charge >= 0.3 is 0 Å². The standard InChI is InChI=1S/C50H42N4O2.C38H24N4O2.C12H19Br/c1(2-13-34-27-33-24-25-35(34)28-33)11-26-55-40-15-12-14-36(31-40)49-51-52-50(56-49)37-29-38(53-45-20-7-3-16-41(45)42-17-4-8-21-46(42)53)32-39(30-37)54-47-22-9-5-18-43(47)44-19-6-10-23-48(44)54;43-28-11-9-10-24(22-28)37-39-40-38(44-37)25-20-26(41-33-16-5-1-12-29(33)30-13-2-6-17-34(30)41)23-27(21-25)42-35-18-7-3-14-31(35)32-15-4-8-19-36(32)42;13-7-3-1-2-4-11-8-10-5-6-12(11)9-10/h3-10,12,14-25,29-35H,1-2,11,13,26-28H2;1-23,43H;5-6,10-12H,1-4,7-9H2. The lowest BCUT2D eigenvalue weighted by Crippen LogP contribution is -2.07. The van der Waals surface area contributed by atoms with Gasteiger partial charge in [0.05, 0.1) is 50.7 Å². The van der Waals surface area contributed by atoms with Crippen LogP contribution in [0.4, 0.5) is 0 Å². The van der Waals surface area contributed by atoms with Gasteiger partial charge in [-0.25, -0.2) is 0 Å². The molecule has 6 unspecified atom stereocenters. The number of allylic oxidation sites excluding steroid dienone is 4. The molecule has 22 rings (SSSR count). The van der Waals surface area contributed by atoms with Crippen molar-refractivity contribution in [3.05, 3.63) is 303 Å². The highest BCUT2D eigenvalue weighted by Crippen LogP contribution is 2.48. The molecule has 6 aromatic heterocycles. The summed E-state index contributed by atoms with van der Waals surface area (Å²) in [6, 6.07) is 96.3. The van der Waals surface area contributed by atoms with Gasteiger partial charge in [0.2, 0.25) is 23.6 Å². The quantitative estimate of drug-likeness (QED) is 0.0454. The second-order valence-electron chi connectivity index (χ2n) is 31.2. The lowest BCUT2D eigenvalue weighted by molar-refractivity contribution is 0.299. The Kier molecular flexibility index (Phi) is 18.8. The summed E-state index contributed by atoms with van der Waals surface area (Å²) in [5.74, 6) is 8.21. The second kappa shape index (κ2) is 30.4. The molecule has 18 aromatic rings. The number of aromatic hydroxyl groups is 1. The molecule has 1 N–H and O–H groups in total. The van der Waals surface area contributed by atoms with E-state index >= 15 is 0 Å². The molecular weight excluding hydrogens is 1460 g/mol. The number of halogens is 1. The molecule has 12 aromatic carbocycles. The predicted molar refractivity (Wildman–Crippen MR) is 463 cm³/mol. The summed E-state index contributed by atoms with van der Waals surface area (Å²) in [7, 11) is 0. The molecule has 2 saturated carbocycles. The van der Waals surface area contributed by atoms with Crippen molar-refractivity contribution in [1.82, 2.24) is 38.7 Å². The summed E-state index contributed by atoms with van der Waals surface area (Å²) < 4.78 is 28.3. The third kappa shape index (κ3) is 13.4. The number of para-hydroxylation sites is 8. The number of fused-ring (bicyclic) bond motifs is 16. The first-order valence-electron chi connectivity index (χ1n) is 40.3. The molecule has 12 nitrogen and oxygen atoms in total. The number of phenolic OH excluding ortho intramolecular Hbond substituents is 1. The van der Waals surface area contributed by atoms with Gasteiger partial charge in [0.25, 0.3) is 0 Å². The van der Waals surface area contributed by atoms with Crippen molar-refractivity contribution in [3.8, 4) is 80.1 Å². The maximum absolute atomic E-state index is 10.0. The minimum absolute atomic E-state index is 0.143. The van der Waals surface area contributed by atoms with Crippen LogP contribution >= 0.6 is 15.9 Å². The van der Waals surface area contributed by atoms with Gasteiger partial charge in [-0.05, 0) is 208 Å². The maximum Gasteiger partial charge on any atom is 0.248 e. The van der Waals surface area contributed by atoms with Crippen LogP contribution in [0.5, 0.6) is 11.5 Å². The number of aromatic nitrogens is 8. The summed E-state index contributed by atoms with van der Waals surface area (Å²) in [5.41, 5.74) is 16.1. The van der Waals surface area contributed by atoms with Crippen molar-refractivity contribution >= 4 is 103 Å². The van der Waals surface area contributed by atoms with Gasteiger partial charge in [-0.15, -0.1) is 20.4 Å². The Morgan fingerprint density at radius 3 is 0.973 bits per heavy atom. The Hall–Kier alpha value is -12.3. The highest BCUT2D eigenvalue weighted by Gasteiger charge is 2.36. The molecule has 0 aliphatic heterocycles. The van der Waals surface area contributed by atoms with E-state index in [0.29, 0.717) is 35.7 Å². The van der Waals surface area contributed by atoms with Gasteiger partial charge in [0, 0.05) is 93.4 Å². The Labute approximate surface area is 664 Å². The minimum atomic E-state index is 0.143. The van der Waals surface area contributed by atoms with E-state index in [2.05, 4.69) is 309 Å². The van der Waals surface area contributed by atoms with Crippen molar-refractivity contribution in [2.45, 2.75) is 77.0 Å². The Balaban J connectivity index is 0.000000129. The van der Waals surface area contributed by atoms with Gasteiger partial charge in [0.15, 0.2) is 0 Å². The van der Waals surface area contributed by atoms with E-state index in [1.807, 2.05) is 30.3 Å². The zero-order valence-electron chi connectivity index (χ0n) is 62.9. The van der Waals surface area contributed by atoms with Crippen LogP contribution in [-0.2, 0) is 0 Å². The number of alkyl halides is 1. The molecule has 0 amide bonds. The van der Waals surface area contributed by atoms with E-state index in [-0.39, 0.29) is 5.75 Å². The van der Waals surface area contributed by atoms with Crippen molar-refractivity contribution in [2.75, 3.05) is 11.9 Å². The van der Waals surface area contributed by atoms with Crippen molar-refractivity contribution in [1.29, 1.82) is 0 Å². The highest BCUT2D eigenvalue weighted by atomic mass is 79.9. The molecule has 4 aliphatic carbocycles. The minimum Gasteiger partial charge on any atom is -0.508 e.